The fourth-order valence-corrected chi connectivity index (χ4v) is 3.99. The summed E-state index contributed by atoms with van der Waals surface area (Å²) in [6.45, 7) is 4.79. The molecule has 2 heterocycles. The second-order valence-electron chi connectivity index (χ2n) is 7.05. The minimum atomic E-state index is 0.390. The SMILES string of the molecule is c1cncc(COC[C@@H]2CC[C@H]3[C@H]2OCCN3CC2CC2)c1. The predicted octanol–water partition coefficient (Wildman–Crippen LogP) is 2.49. The first-order valence-electron chi connectivity index (χ1n) is 8.72. The molecule has 4 nitrogen and oxygen atoms in total. The summed E-state index contributed by atoms with van der Waals surface area (Å²) >= 11 is 0. The average molecular weight is 302 g/mol. The van der Waals surface area contributed by atoms with Crippen LogP contribution in [0.25, 0.3) is 0 Å². The molecule has 4 rings (SSSR count). The third kappa shape index (κ3) is 3.34. The maximum atomic E-state index is 6.12. The summed E-state index contributed by atoms with van der Waals surface area (Å²) in [5.41, 5.74) is 1.15. The molecule has 120 valence electrons. The summed E-state index contributed by atoms with van der Waals surface area (Å²) in [7, 11) is 0. The summed E-state index contributed by atoms with van der Waals surface area (Å²) in [4.78, 5) is 6.83. The number of morpholine rings is 1. The Balaban J connectivity index is 1.28. The van der Waals surface area contributed by atoms with Crippen molar-refractivity contribution >= 4 is 0 Å². The van der Waals surface area contributed by atoms with Gasteiger partial charge in [-0.2, -0.15) is 0 Å². The molecule has 0 radical (unpaired) electrons. The van der Waals surface area contributed by atoms with Gasteiger partial charge in [-0.15, -0.1) is 0 Å². The van der Waals surface area contributed by atoms with Crippen LogP contribution in [0.3, 0.4) is 0 Å². The second kappa shape index (κ2) is 6.65. The van der Waals surface area contributed by atoms with Crippen molar-refractivity contribution in [3.8, 4) is 0 Å². The minimum absolute atomic E-state index is 0.390. The quantitative estimate of drug-likeness (QED) is 0.808. The zero-order chi connectivity index (χ0) is 14.8. The fraction of sp³-hybridized carbons (Fsp3) is 0.722. The van der Waals surface area contributed by atoms with E-state index in [4.69, 9.17) is 9.47 Å². The number of hydrogen-bond donors (Lipinski definition) is 0. The minimum Gasteiger partial charge on any atom is -0.376 e. The van der Waals surface area contributed by atoms with Gasteiger partial charge in [0.25, 0.3) is 0 Å². The molecule has 3 atom stereocenters. The van der Waals surface area contributed by atoms with Crippen LogP contribution in [0.4, 0.5) is 0 Å². The summed E-state index contributed by atoms with van der Waals surface area (Å²) in [6, 6.07) is 4.67. The lowest BCUT2D eigenvalue weighted by atomic mass is 10.0. The molecule has 1 saturated heterocycles. The Kier molecular flexibility index (Phi) is 4.42. The molecule has 1 aliphatic heterocycles. The standard InChI is InChI=1S/C18H26N2O2/c1-2-15(10-19-7-1)12-21-13-16-5-6-17-18(16)22-9-8-20(17)11-14-3-4-14/h1-2,7,10,14,16-18H,3-6,8-9,11-13H2/t16-,17-,18-/m0/s1. The highest BCUT2D eigenvalue weighted by molar-refractivity contribution is 5.06. The molecule has 0 unspecified atom stereocenters. The molecule has 0 N–H and O–H groups in total. The van der Waals surface area contributed by atoms with Crippen molar-refractivity contribution in [2.24, 2.45) is 11.8 Å². The van der Waals surface area contributed by atoms with E-state index in [-0.39, 0.29) is 0 Å². The van der Waals surface area contributed by atoms with Crippen molar-refractivity contribution in [3.63, 3.8) is 0 Å². The van der Waals surface area contributed by atoms with Gasteiger partial charge in [0.05, 0.1) is 25.9 Å². The third-order valence-corrected chi connectivity index (χ3v) is 5.35. The van der Waals surface area contributed by atoms with Crippen LogP contribution < -0.4 is 0 Å². The molecule has 1 aromatic heterocycles. The summed E-state index contributed by atoms with van der Waals surface area (Å²) in [5, 5.41) is 0. The number of fused-ring (bicyclic) bond motifs is 1. The number of aromatic nitrogens is 1. The van der Waals surface area contributed by atoms with Gasteiger partial charge in [-0.1, -0.05) is 6.07 Å². The van der Waals surface area contributed by atoms with Crippen LogP contribution in [0.2, 0.25) is 0 Å². The summed E-state index contributed by atoms with van der Waals surface area (Å²) < 4.78 is 12.1. The van der Waals surface area contributed by atoms with Crippen LogP contribution in [0.5, 0.6) is 0 Å². The number of rotatable bonds is 6. The van der Waals surface area contributed by atoms with Gasteiger partial charge in [0.2, 0.25) is 0 Å². The zero-order valence-corrected chi connectivity index (χ0v) is 13.2. The number of pyridine rings is 1. The van der Waals surface area contributed by atoms with E-state index in [1.165, 1.54) is 32.2 Å². The van der Waals surface area contributed by atoms with E-state index < -0.39 is 0 Å². The Morgan fingerprint density at radius 3 is 3.05 bits per heavy atom. The fourth-order valence-electron chi connectivity index (χ4n) is 3.99. The number of hydrogen-bond acceptors (Lipinski definition) is 4. The van der Waals surface area contributed by atoms with Crippen LogP contribution in [-0.4, -0.2) is 48.3 Å². The van der Waals surface area contributed by atoms with E-state index in [1.807, 2.05) is 12.3 Å². The Labute approximate surface area is 132 Å². The summed E-state index contributed by atoms with van der Waals surface area (Å²) in [6.07, 6.45) is 9.46. The van der Waals surface area contributed by atoms with Gasteiger partial charge >= 0.3 is 0 Å². The van der Waals surface area contributed by atoms with Crippen LogP contribution in [0.1, 0.15) is 31.2 Å². The Hall–Kier alpha value is -0.970. The van der Waals surface area contributed by atoms with Gasteiger partial charge in [-0.25, -0.2) is 0 Å². The van der Waals surface area contributed by atoms with Gasteiger partial charge in [0.1, 0.15) is 0 Å². The Morgan fingerprint density at radius 2 is 2.23 bits per heavy atom. The molecular weight excluding hydrogens is 276 g/mol. The second-order valence-corrected chi connectivity index (χ2v) is 7.05. The van der Waals surface area contributed by atoms with Crippen LogP contribution in [0.15, 0.2) is 24.5 Å². The number of nitrogens with zero attached hydrogens (tertiary/aromatic N) is 2. The first-order valence-corrected chi connectivity index (χ1v) is 8.72. The molecule has 3 fully saturated rings. The van der Waals surface area contributed by atoms with Crippen LogP contribution >= 0.6 is 0 Å². The van der Waals surface area contributed by atoms with Crippen molar-refractivity contribution in [1.82, 2.24) is 9.88 Å². The van der Waals surface area contributed by atoms with E-state index >= 15 is 0 Å². The smallest absolute Gasteiger partial charge is 0.0780 e. The van der Waals surface area contributed by atoms with Crippen molar-refractivity contribution in [1.29, 1.82) is 0 Å². The van der Waals surface area contributed by atoms with E-state index in [1.54, 1.807) is 6.20 Å². The van der Waals surface area contributed by atoms with Crippen molar-refractivity contribution in [2.75, 3.05) is 26.3 Å². The highest BCUT2D eigenvalue weighted by Gasteiger charge is 2.43. The highest BCUT2D eigenvalue weighted by atomic mass is 16.5. The molecule has 2 aliphatic carbocycles. The Bertz CT molecular complexity index is 477. The molecule has 2 saturated carbocycles. The third-order valence-electron chi connectivity index (χ3n) is 5.35. The first-order chi connectivity index (χ1) is 10.9. The van der Waals surface area contributed by atoms with Crippen LogP contribution in [-0.2, 0) is 16.1 Å². The molecule has 0 aromatic carbocycles. The van der Waals surface area contributed by atoms with E-state index in [2.05, 4.69) is 16.0 Å². The lowest BCUT2D eigenvalue weighted by Gasteiger charge is -2.39. The van der Waals surface area contributed by atoms with Crippen molar-refractivity contribution in [2.45, 2.75) is 44.4 Å². The van der Waals surface area contributed by atoms with E-state index in [9.17, 15) is 0 Å². The molecule has 1 aromatic rings. The highest BCUT2D eigenvalue weighted by Crippen LogP contribution is 2.38. The lowest BCUT2D eigenvalue weighted by Crippen LogP contribution is -2.51. The summed E-state index contributed by atoms with van der Waals surface area (Å²) in [5.74, 6) is 1.53. The maximum absolute atomic E-state index is 6.12. The van der Waals surface area contributed by atoms with Gasteiger partial charge in [0.15, 0.2) is 0 Å². The van der Waals surface area contributed by atoms with Gasteiger partial charge in [-0.3, -0.25) is 9.88 Å². The monoisotopic (exact) mass is 302 g/mol. The first kappa shape index (κ1) is 14.6. The predicted molar refractivity (Wildman–Crippen MR) is 84.4 cm³/mol. The van der Waals surface area contributed by atoms with Gasteiger partial charge in [-0.05, 0) is 43.2 Å². The molecule has 0 spiro atoms. The van der Waals surface area contributed by atoms with E-state index in [0.29, 0.717) is 24.7 Å². The maximum Gasteiger partial charge on any atom is 0.0780 e. The molecule has 3 aliphatic rings. The van der Waals surface area contributed by atoms with Crippen molar-refractivity contribution < 1.29 is 9.47 Å². The topological polar surface area (TPSA) is 34.6 Å². The normalized spacial score (nSPS) is 32.1. The molecule has 22 heavy (non-hydrogen) atoms. The molecular formula is C18H26N2O2. The molecule has 0 bridgehead atoms. The molecule has 0 amide bonds. The largest absolute Gasteiger partial charge is 0.376 e. The van der Waals surface area contributed by atoms with Crippen molar-refractivity contribution in [3.05, 3.63) is 30.1 Å². The van der Waals surface area contributed by atoms with Gasteiger partial charge < -0.3 is 9.47 Å². The van der Waals surface area contributed by atoms with E-state index in [0.717, 1.165) is 31.2 Å². The molecule has 4 heteroatoms. The Morgan fingerprint density at radius 1 is 1.27 bits per heavy atom. The van der Waals surface area contributed by atoms with Crippen LogP contribution in [0, 0.1) is 11.8 Å². The lowest BCUT2D eigenvalue weighted by molar-refractivity contribution is -0.0876. The average Bonchev–Trinajstić information content (AvgIpc) is 3.27. The zero-order valence-electron chi connectivity index (χ0n) is 13.2. The number of ether oxygens (including phenoxy) is 2. The van der Waals surface area contributed by atoms with Gasteiger partial charge in [0, 0.05) is 37.4 Å².